The van der Waals surface area contributed by atoms with Crippen LogP contribution in [0.2, 0.25) is 5.15 Å². The molecule has 0 aliphatic heterocycles. The highest BCUT2D eigenvalue weighted by molar-refractivity contribution is 6.31. The van der Waals surface area contributed by atoms with Gasteiger partial charge in [-0.1, -0.05) is 11.6 Å². The summed E-state index contributed by atoms with van der Waals surface area (Å²) < 4.78 is 0. The number of nitro groups is 1. The molecule has 0 aliphatic carbocycles. The van der Waals surface area contributed by atoms with Gasteiger partial charge >= 0.3 is 0 Å². The lowest BCUT2D eigenvalue weighted by atomic mass is 10.0. The Kier molecular flexibility index (Phi) is 3.45. The second-order valence-corrected chi connectivity index (χ2v) is 4.25. The molecule has 2 rings (SSSR count). The number of pyridine rings is 1. The Morgan fingerprint density at radius 3 is 2.53 bits per heavy atom. The van der Waals surface area contributed by atoms with Crippen molar-refractivity contribution in [2.45, 2.75) is 6.92 Å². The lowest BCUT2D eigenvalue weighted by Gasteiger charge is -2.06. The summed E-state index contributed by atoms with van der Waals surface area (Å²) in [5, 5.41) is 19.8. The monoisotopic (exact) mass is 273 g/mol. The molecule has 0 spiro atoms. The van der Waals surface area contributed by atoms with E-state index in [0.29, 0.717) is 16.8 Å². The Morgan fingerprint density at radius 1 is 1.37 bits per heavy atom. The van der Waals surface area contributed by atoms with Crippen LogP contribution in [-0.2, 0) is 0 Å². The molecule has 0 bridgehead atoms. The van der Waals surface area contributed by atoms with Crippen LogP contribution in [0, 0.1) is 28.4 Å². The Balaban J connectivity index is 2.59. The lowest BCUT2D eigenvalue weighted by molar-refractivity contribution is -0.384. The molecule has 0 atom stereocenters. The van der Waals surface area contributed by atoms with Crippen LogP contribution < -0.4 is 0 Å². The zero-order valence-electron chi connectivity index (χ0n) is 9.92. The molecule has 19 heavy (non-hydrogen) atoms. The minimum Gasteiger partial charge on any atom is -0.258 e. The third-order valence-electron chi connectivity index (χ3n) is 2.60. The number of rotatable bonds is 2. The van der Waals surface area contributed by atoms with Gasteiger partial charge in [0.25, 0.3) is 5.69 Å². The average molecular weight is 274 g/mol. The molecule has 5 nitrogen and oxygen atoms in total. The fourth-order valence-corrected chi connectivity index (χ4v) is 2.01. The Bertz CT molecular complexity index is 690. The normalized spacial score (nSPS) is 9.95. The summed E-state index contributed by atoms with van der Waals surface area (Å²) in [7, 11) is 0. The maximum Gasteiger partial charge on any atom is 0.269 e. The van der Waals surface area contributed by atoms with E-state index in [2.05, 4.69) is 4.98 Å². The molecule has 6 heteroatoms. The largest absolute Gasteiger partial charge is 0.269 e. The number of nitrogens with zero attached hydrogens (tertiary/aromatic N) is 3. The number of nitriles is 1. The highest BCUT2D eigenvalue weighted by Gasteiger charge is 2.12. The molecule has 0 unspecified atom stereocenters. The fourth-order valence-electron chi connectivity index (χ4n) is 1.73. The first-order chi connectivity index (χ1) is 9.02. The van der Waals surface area contributed by atoms with Crippen LogP contribution in [0.15, 0.2) is 30.3 Å². The van der Waals surface area contributed by atoms with Crippen molar-refractivity contribution in [2.75, 3.05) is 0 Å². The van der Waals surface area contributed by atoms with Crippen LogP contribution in [0.1, 0.15) is 11.3 Å². The summed E-state index contributed by atoms with van der Waals surface area (Å²) in [5.74, 6) is 0. The number of nitro benzene ring substituents is 1. The molecule has 1 heterocycles. The van der Waals surface area contributed by atoms with E-state index < -0.39 is 4.92 Å². The molecular formula is C13H8ClN3O2. The Morgan fingerprint density at radius 2 is 2.00 bits per heavy atom. The second-order valence-electron chi connectivity index (χ2n) is 3.89. The summed E-state index contributed by atoms with van der Waals surface area (Å²) in [4.78, 5) is 14.1. The SMILES string of the molecule is Cc1cc(-c2ccc([N+](=O)[O-])cc2)c(C#N)c(Cl)n1. The van der Waals surface area contributed by atoms with Crippen LogP contribution in [0.3, 0.4) is 0 Å². The van der Waals surface area contributed by atoms with Gasteiger partial charge in [0.05, 0.1) is 10.5 Å². The van der Waals surface area contributed by atoms with Gasteiger partial charge in [-0.05, 0) is 30.7 Å². The summed E-state index contributed by atoms with van der Waals surface area (Å²) in [5.41, 5.74) is 2.25. The minimum atomic E-state index is -0.472. The van der Waals surface area contributed by atoms with Crippen molar-refractivity contribution in [3.05, 3.63) is 56.9 Å². The number of aryl methyl sites for hydroxylation is 1. The number of non-ortho nitro benzene ring substituents is 1. The summed E-state index contributed by atoms with van der Waals surface area (Å²) in [6.07, 6.45) is 0. The van der Waals surface area contributed by atoms with Gasteiger partial charge in [0.15, 0.2) is 0 Å². The molecule has 0 N–H and O–H groups in total. The predicted molar refractivity (Wildman–Crippen MR) is 70.8 cm³/mol. The van der Waals surface area contributed by atoms with Gasteiger partial charge in [0.1, 0.15) is 11.2 Å². The van der Waals surface area contributed by atoms with Crippen LogP contribution in [0.4, 0.5) is 5.69 Å². The van der Waals surface area contributed by atoms with Crippen molar-refractivity contribution in [3.63, 3.8) is 0 Å². The minimum absolute atomic E-state index is 0.000803. The van der Waals surface area contributed by atoms with Gasteiger partial charge in [-0.2, -0.15) is 5.26 Å². The fraction of sp³-hybridized carbons (Fsp3) is 0.0769. The van der Waals surface area contributed by atoms with Crippen molar-refractivity contribution in [1.82, 2.24) is 4.98 Å². The number of hydrogen-bond acceptors (Lipinski definition) is 4. The number of halogens is 1. The molecular weight excluding hydrogens is 266 g/mol. The Hall–Kier alpha value is -2.45. The summed E-state index contributed by atoms with van der Waals surface area (Å²) in [6, 6.07) is 9.68. The van der Waals surface area contributed by atoms with E-state index in [-0.39, 0.29) is 16.4 Å². The topological polar surface area (TPSA) is 79.8 Å². The van der Waals surface area contributed by atoms with E-state index >= 15 is 0 Å². The van der Waals surface area contributed by atoms with E-state index in [1.807, 2.05) is 6.07 Å². The van der Waals surface area contributed by atoms with E-state index in [1.165, 1.54) is 12.1 Å². The van der Waals surface area contributed by atoms with Gasteiger partial charge in [-0.3, -0.25) is 10.1 Å². The van der Waals surface area contributed by atoms with Gasteiger partial charge in [0, 0.05) is 23.4 Å². The third-order valence-corrected chi connectivity index (χ3v) is 2.88. The van der Waals surface area contributed by atoms with Crippen LogP contribution in [0.5, 0.6) is 0 Å². The molecule has 0 aliphatic rings. The number of hydrogen-bond donors (Lipinski definition) is 0. The van der Waals surface area contributed by atoms with Crippen molar-refractivity contribution >= 4 is 17.3 Å². The van der Waals surface area contributed by atoms with Gasteiger partial charge in [0.2, 0.25) is 0 Å². The molecule has 94 valence electrons. The molecule has 1 aromatic carbocycles. The first kappa shape index (κ1) is 13.0. The first-order valence-electron chi connectivity index (χ1n) is 5.35. The van der Waals surface area contributed by atoms with E-state index in [4.69, 9.17) is 16.9 Å². The predicted octanol–water partition coefficient (Wildman–Crippen LogP) is 3.49. The van der Waals surface area contributed by atoms with Gasteiger partial charge < -0.3 is 0 Å². The van der Waals surface area contributed by atoms with Gasteiger partial charge in [-0.25, -0.2) is 4.98 Å². The smallest absolute Gasteiger partial charge is 0.258 e. The molecule has 0 saturated carbocycles. The molecule has 2 aromatic rings. The molecule has 1 aromatic heterocycles. The quantitative estimate of drug-likeness (QED) is 0.476. The van der Waals surface area contributed by atoms with E-state index in [1.54, 1.807) is 25.1 Å². The van der Waals surface area contributed by atoms with Crippen molar-refractivity contribution < 1.29 is 4.92 Å². The van der Waals surface area contributed by atoms with Crippen LogP contribution in [0.25, 0.3) is 11.1 Å². The molecule has 0 amide bonds. The number of aromatic nitrogens is 1. The maximum atomic E-state index is 10.6. The average Bonchev–Trinajstić information content (AvgIpc) is 2.38. The van der Waals surface area contributed by atoms with Crippen molar-refractivity contribution in [3.8, 4) is 17.2 Å². The zero-order chi connectivity index (χ0) is 14.0. The lowest BCUT2D eigenvalue weighted by Crippen LogP contribution is -1.93. The van der Waals surface area contributed by atoms with Gasteiger partial charge in [-0.15, -0.1) is 0 Å². The van der Waals surface area contributed by atoms with E-state index in [0.717, 1.165) is 0 Å². The first-order valence-corrected chi connectivity index (χ1v) is 5.73. The van der Waals surface area contributed by atoms with Crippen LogP contribution in [-0.4, -0.2) is 9.91 Å². The third kappa shape index (κ3) is 2.54. The molecule has 0 saturated heterocycles. The maximum absolute atomic E-state index is 10.6. The van der Waals surface area contributed by atoms with E-state index in [9.17, 15) is 10.1 Å². The number of benzene rings is 1. The Labute approximate surface area is 114 Å². The molecule has 0 radical (unpaired) electrons. The van der Waals surface area contributed by atoms with Crippen molar-refractivity contribution in [2.24, 2.45) is 0 Å². The highest BCUT2D eigenvalue weighted by atomic mass is 35.5. The summed E-state index contributed by atoms with van der Waals surface area (Å²) >= 11 is 5.92. The highest BCUT2D eigenvalue weighted by Crippen LogP contribution is 2.29. The summed E-state index contributed by atoms with van der Waals surface area (Å²) in [6.45, 7) is 1.77. The van der Waals surface area contributed by atoms with Crippen LogP contribution >= 0.6 is 11.6 Å². The zero-order valence-corrected chi connectivity index (χ0v) is 10.7. The van der Waals surface area contributed by atoms with Crippen molar-refractivity contribution in [1.29, 1.82) is 5.26 Å². The second kappa shape index (κ2) is 5.04. The standard InChI is InChI=1S/C13H8ClN3O2/c1-8-6-11(12(7-15)13(14)16-8)9-2-4-10(5-3-9)17(18)19/h2-6H,1H3. The molecule has 0 fully saturated rings.